The highest BCUT2D eigenvalue weighted by atomic mass is 19.4. The number of hydrogen-bond acceptors (Lipinski definition) is 5. The zero-order valence-electron chi connectivity index (χ0n) is 18.8. The number of hydrogen-bond donors (Lipinski definition) is 4. The van der Waals surface area contributed by atoms with Crippen LogP contribution in [0.1, 0.15) is 51.4 Å². The molecule has 0 bridgehead atoms. The maximum Gasteiger partial charge on any atom is 0.522 e. The van der Waals surface area contributed by atoms with Crippen molar-refractivity contribution in [3.63, 3.8) is 0 Å². The SMILES string of the molecule is CN(C)C1CCC(C2NOC([C@H]3CCC[NH+]3CC3CCCC(OC(F)(F)F)C3)N2)C[NH2+]1. The van der Waals surface area contributed by atoms with E-state index in [9.17, 15) is 13.2 Å². The molecular weight excluding hydrogens is 411 g/mol. The second-order valence-electron chi connectivity index (χ2n) is 10.2. The summed E-state index contributed by atoms with van der Waals surface area (Å²) < 4.78 is 42.2. The van der Waals surface area contributed by atoms with Gasteiger partial charge in [0.1, 0.15) is 12.2 Å². The first-order valence-corrected chi connectivity index (χ1v) is 12.0. The Hall–Kier alpha value is -0.490. The lowest BCUT2D eigenvalue weighted by Crippen LogP contribution is -3.16. The van der Waals surface area contributed by atoms with Crippen LogP contribution < -0.4 is 21.0 Å². The minimum atomic E-state index is -4.53. The van der Waals surface area contributed by atoms with E-state index in [1.54, 1.807) is 0 Å². The predicted molar refractivity (Wildman–Crippen MR) is 109 cm³/mol. The van der Waals surface area contributed by atoms with Gasteiger partial charge in [-0.15, -0.1) is 13.2 Å². The van der Waals surface area contributed by atoms with Crippen LogP contribution in [0, 0.1) is 11.8 Å². The molecule has 7 unspecified atom stereocenters. The highest BCUT2D eigenvalue weighted by Gasteiger charge is 2.45. The van der Waals surface area contributed by atoms with E-state index in [2.05, 4.69) is 39.8 Å². The first kappa shape index (κ1) is 23.7. The second-order valence-corrected chi connectivity index (χ2v) is 10.2. The Morgan fingerprint density at radius 2 is 1.97 bits per heavy atom. The summed E-state index contributed by atoms with van der Waals surface area (Å²) in [5.74, 6) is 0.822. The number of likely N-dealkylation sites (tertiary alicyclic amines) is 1. The monoisotopic (exact) mass is 451 g/mol. The van der Waals surface area contributed by atoms with Gasteiger partial charge in [-0.1, -0.05) is 6.42 Å². The Kier molecular flexibility index (Phi) is 7.78. The van der Waals surface area contributed by atoms with Crippen molar-refractivity contribution in [3.8, 4) is 0 Å². The maximum atomic E-state index is 12.6. The van der Waals surface area contributed by atoms with Crippen molar-refractivity contribution in [1.82, 2.24) is 15.7 Å². The molecule has 7 nitrogen and oxygen atoms in total. The summed E-state index contributed by atoms with van der Waals surface area (Å²) in [6.45, 7) is 3.06. The summed E-state index contributed by atoms with van der Waals surface area (Å²) in [5.41, 5.74) is 3.25. The number of hydroxylamine groups is 1. The first-order chi connectivity index (χ1) is 14.8. The molecule has 8 atom stereocenters. The van der Waals surface area contributed by atoms with Gasteiger partial charge in [-0.25, -0.2) is 0 Å². The number of halogens is 3. The molecule has 31 heavy (non-hydrogen) atoms. The fraction of sp³-hybridized carbons (Fsp3) is 1.00. The zero-order valence-corrected chi connectivity index (χ0v) is 18.8. The highest BCUT2D eigenvalue weighted by molar-refractivity contribution is 4.84. The van der Waals surface area contributed by atoms with Crippen LogP contribution in [0.2, 0.25) is 0 Å². The molecule has 4 rings (SSSR count). The van der Waals surface area contributed by atoms with E-state index in [0.717, 1.165) is 45.3 Å². The van der Waals surface area contributed by atoms with Crippen molar-refractivity contribution in [2.45, 2.75) is 88.4 Å². The maximum absolute atomic E-state index is 12.6. The van der Waals surface area contributed by atoms with E-state index in [0.29, 0.717) is 31.0 Å². The second kappa shape index (κ2) is 10.2. The zero-order chi connectivity index (χ0) is 22.0. The van der Waals surface area contributed by atoms with Gasteiger partial charge in [-0.3, -0.25) is 19.8 Å². The first-order valence-electron chi connectivity index (χ1n) is 12.0. The molecule has 180 valence electrons. The average Bonchev–Trinajstić information content (AvgIpc) is 3.36. The van der Waals surface area contributed by atoms with Gasteiger partial charge in [-0.2, -0.15) is 5.48 Å². The molecule has 4 aliphatic rings. The number of ether oxygens (including phenoxy) is 1. The summed E-state index contributed by atoms with van der Waals surface area (Å²) in [6, 6.07) is 0.350. The fourth-order valence-corrected chi connectivity index (χ4v) is 6.20. The third kappa shape index (κ3) is 6.31. The summed E-state index contributed by atoms with van der Waals surface area (Å²) >= 11 is 0. The van der Waals surface area contributed by atoms with Crippen molar-refractivity contribution in [2.24, 2.45) is 11.8 Å². The Bertz CT molecular complexity index is 574. The smallest absolute Gasteiger partial charge is 0.331 e. The number of nitrogens with two attached hydrogens (primary N) is 1. The molecular formula is C21H40F3N5O2+2. The summed E-state index contributed by atoms with van der Waals surface area (Å²) in [7, 11) is 4.27. The van der Waals surface area contributed by atoms with E-state index in [-0.39, 0.29) is 18.3 Å². The molecule has 0 aromatic heterocycles. The Labute approximate surface area is 183 Å². The standard InChI is InChI=1S/C21H38F3N5O2/c1-28(2)18-9-8-15(12-25-18)19-26-20(31-27-19)17-7-4-10-29(17)13-14-5-3-6-16(11-14)30-21(22,23)24/h14-20,25-27H,3-13H2,1-2H3/p+2/t14?,15?,16?,17-,18?,19?,20?/m1/s1. The lowest BCUT2D eigenvalue weighted by atomic mass is 9.86. The molecule has 4 fully saturated rings. The van der Waals surface area contributed by atoms with Gasteiger partial charge in [0.25, 0.3) is 0 Å². The molecule has 0 aromatic rings. The Morgan fingerprint density at radius 1 is 1.13 bits per heavy atom. The van der Waals surface area contributed by atoms with Crippen molar-refractivity contribution >= 4 is 0 Å². The van der Waals surface area contributed by atoms with Crippen molar-refractivity contribution < 1.29 is 33.0 Å². The van der Waals surface area contributed by atoms with Crippen LogP contribution in [0.5, 0.6) is 0 Å². The molecule has 0 aromatic carbocycles. The molecule has 3 aliphatic heterocycles. The van der Waals surface area contributed by atoms with Crippen LogP contribution in [0.4, 0.5) is 13.2 Å². The molecule has 0 amide bonds. The molecule has 0 radical (unpaired) electrons. The topological polar surface area (TPSA) is 66.8 Å². The average molecular weight is 452 g/mol. The summed E-state index contributed by atoms with van der Waals surface area (Å²) in [5, 5.41) is 6.11. The van der Waals surface area contributed by atoms with Gasteiger partial charge in [0.05, 0.1) is 31.9 Å². The van der Waals surface area contributed by atoms with Gasteiger partial charge in [-0.05, 0) is 39.8 Å². The molecule has 1 saturated carbocycles. The Morgan fingerprint density at radius 3 is 2.68 bits per heavy atom. The van der Waals surface area contributed by atoms with E-state index < -0.39 is 12.5 Å². The van der Waals surface area contributed by atoms with E-state index in [1.807, 2.05) is 0 Å². The van der Waals surface area contributed by atoms with Crippen LogP contribution in [0.15, 0.2) is 0 Å². The molecule has 3 heterocycles. The van der Waals surface area contributed by atoms with Gasteiger partial charge >= 0.3 is 6.36 Å². The lowest BCUT2D eigenvalue weighted by Gasteiger charge is -2.34. The fourth-order valence-electron chi connectivity index (χ4n) is 6.20. The third-order valence-electron chi connectivity index (χ3n) is 7.83. The third-order valence-corrected chi connectivity index (χ3v) is 7.83. The van der Waals surface area contributed by atoms with Crippen LogP contribution in [-0.2, 0) is 9.57 Å². The summed E-state index contributed by atoms with van der Waals surface area (Å²) in [6.07, 6.45) is 2.92. The van der Waals surface area contributed by atoms with Crippen LogP contribution >= 0.6 is 0 Å². The molecule has 1 aliphatic carbocycles. The minimum absolute atomic E-state index is 0.0279. The van der Waals surface area contributed by atoms with Crippen molar-refractivity contribution in [2.75, 3.05) is 33.7 Å². The Balaban J connectivity index is 1.25. The number of nitrogens with zero attached hydrogens (tertiary/aromatic N) is 1. The van der Waals surface area contributed by atoms with Crippen molar-refractivity contribution in [3.05, 3.63) is 0 Å². The molecule has 10 heteroatoms. The predicted octanol–water partition coefficient (Wildman–Crippen LogP) is -0.233. The molecule has 0 spiro atoms. The summed E-state index contributed by atoms with van der Waals surface area (Å²) in [4.78, 5) is 9.75. The number of rotatable bonds is 6. The molecule has 3 saturated heterocycles. The van der Waals surface area contributed by atoms with Gasteiger partial charge < -0.3 is 10.2 Å². The van der Waals surface area contributed by atoms with Gasteiger partial charge in [0.2, 0.25) is 0 Å². The van der Waals surface area contributed by atoms with Crippen LogP contribution in [0.3, 0.4) is 0 Å². The molecule has 5 N–H and O–H groups in total. The largest absolute Gasteiger partial charge is 0.522 e. The number of alkyl halides is 3. The van der Waals surface area contributed by atoms with E-state index in [1.165, 1.54) is 17.7 Å². The minimum Gasteiger partial charge on any atom is -0.331 e. The van der Waals surface area contributed by atoms with Crippen LogP contribution in [-0.4, -0.2) is 75.7 Å². The number of nitrogens with one attached hydrogen (secondary N) is 3. The van der Waals surface area contributed by atoms with E-state index >= 15 is 0 Å². The lowest BCUT2D eigenvalue weighted by molar-refractivity contribution is -0.919. The van der Waals surface area contributed by atoms with Gasteiger partial charge in [0, 0.05) is 31.1 Å². The van der Waals surface area contributed by atoms with Crippen LogP contribution in [0.25, 0.3) is 0 Å². The normalized spacial score (nSPS) is 42.4. The van der Waals surface area contributed by atoms with Gasteiger partial charge in [0.15, 0.2) is 6.23 Å². The number of quaternary nitrogens is 2. The quantitative estimate of drug-likeness (QED) is 0.449. The van der Waals surface area contributed by atoms with E-state index in [4.69, 9.17) is 4.84 Å². The highest BCUT2D eigenvalue weighted by Crippen LogP contribution is 2.31. The number of piperidine rings is 1. The van der Waals surface area contributed by atoms with Crippen molar-refractivity contribution in [1.29, 1.82) is 0 Å².